The fraction of sp³-hybridized carbons (Fsp3) is 0.545. The summed E-state index contributed by atoms with van der Waals surface area (Å²) < 4.78 is 51.2. The van der Waals surface area contributed by atoms with Crippen LogP contribution in [0.5, 0.6) is 0 Å². The first kappa shape index (κ1) is 14.5. The van der Waals surface area contributed by atoms with Crippen molar-refractivity contribution in [3.63, 3.8) is 0 Å². The van der Waals surface area contributed by atoms with Crippen molar-refractivity contribution in [2.24, 2.45) is 0 Å². The van der Waals surface area contributed by atoms with E-state index in [2.05, 4.69) is 10.3 Å². The largest absolute Gasteiger partial charge is 0.368 e. The summed E-state index contributed by atoms with van der Waals surface area (Å²) in [5.74, 6) is -2.22. The van der Waals surface area contributed by atoms with Crippen LogP contribution in [0.15, 0.2) is 6.07 Å². The van der Waals surface area contributed by atoms with E-state index in [1.54, 1.807) is 0 Å². The van der Waals surface area contributed by atoms with Gasteiger partial charge in [0.15, 0.2) is 23.3 Å². The molecule has 0 aliphatic rings. The number of pyridine rings is 1. The number of alkyl halides is 2. The summed E-state index contributed by atoms with van der Waals surface area (Å²) in [7, 11) is 1.28. The quantitative estimate of drug-likeness (QED) is 0.802. The Bertz CT molecular complexity index is 398. The molecule has 7 heteroatoms. The highest BCUT2D eigenvalue weighted by molar-refractivity contribution is 5.48. The molecule has 0 saturated carbocycles. The zero-order chi connectivity index (χ0) is 13.7. The molecule has 0 saturated heterocycles. The van der Waals surface area contributed by atoms with Gasteiger partial charge in [-0.05, 0) is 6.42 Å². The van der Waals surface area contributed by atoms with Gasteiger partial charge in [-0.2, -0.15) is 0 Å². The lowest BCUT2D eigenvalue weighted by atomic mass is 10.3. The number of anilines is 2. The van der Waals surface area contributed by atoms with Crippen LogP contribution in [0.3, 0.4) is 0 Å². The molecule has 0 bridgehead atoms. The molecule has 0 fully saturated rings. The molecule has 18 heavy (non-hydrogen) atoms. The second-order valence-electron chi connectivity index (χ2n) is 3.82. The van der Waals surface area contributed by atoms with Crippen molar-refractivity contribution < 1.29 is 17.6 Å². The first-order chi connectivity index (χ1) is 8.45. The van der Waals surface area contributed by atoms with Crippen LogP contribution in [0.2, 0.25) is 0 Å². The number of aromatic nitrogens is 1. The molecule has 1 rings (SSSR count). The first-order valence-corrected chi connectivity index (χ1v) is 5.54. The van der Waals surface area contributed by atoms with Crippen molar-refractivity contribution in [3.8, 4) is 0 Å². The molecule has 3 nitrogen and oxygen atoms in total. The van der Waals surface area contributed by atoms with E-state index in [0.29, 0.717) is 12.6 Å². The SMILES string of the molecule is CCCNc1nc(N(C)CC(F)F)c(F)cc1F. The van der Waals surface area contributed by atoms with Crippen molar-refractivity contribution in [1.82, 2.24) is 4.98 Å². The van der Waals surface area contributed by atoms with E-state index in [1.165, 1.54) is 7.05 Å². The average Bonchev–Trinajstić information content (AvgIpc) is 2.26. The molecule has 1 heterocycles. The molecule has 0 radical (unpaired) electrons. The van der Waals surface area contributed by atoms with Gasteiger partial charge in [-0.15, -0.1) is 0 Å². The summed E-state index contributed by atoms with van der Waals surface area (Å²) in [5.41, 5.74) is 0. The third-order valence-corrected chi connectivity index (χ3v) is 2.23. The normalized spacial score (nSPS) is 10.8. The minimum absolute atomic E-state index is 0.130. The smallest absolute Gasteiger partial charge is 0.255 e. The molecule has 0 aliphatic carbocycles. The molecule has 0 atom stereocenters. The molecule has 0 aromatic carbocycles. The van der Waals surface area contributed by atoms with E-state index in [1.807, 2.05) is 6.92 Å². The van der Waals surface area contributed by atoms with E-state index < -0.39 is 24.6 Å². The molecule has 102 valence electrons. The zero-order valence-electron chi connectivity index (χ0n) is 10.2. The van der Waals surface area contributed by atoms with Gasteiger partial charge in [0.05, 0.1) is 6.54 Å². The van der Waals surface area contributed by atoms with Gasteiger partial charge < -0.3 is 10.2 Å². The molecular formula is C11H15F4N3. The number of hydrogen-bond donors (Lipinski definition) is 1. The number of halogens is 4. The predicted octanol–water partition coefficient (Wildman–Crippen LogP) is 2.88. The van der Waals surface area contributed by atoms with Gasteiger partial charge in [0.25, 0.3) is 6.43 Å². The zero-order valence-corrected chi connectivity index (χ0v) is 10.2. The van der Waals surface area contributed by atoms with Crippen molar-refractivity contribution in [3.05, 3.63) is 17.7 Å². The van der Waals surface area contributed by atoms with E-state index >= 15 is 0 Å². The van der Waals surface area contributed by atoms with Crippen molar-refractivity contribution in [2.45, 2.75) is 19.8 Å². The van der Waals surface area contributed by atoms with Gasteiger partial charge in [0.1, 0.15) is 0 Å². The lowest BCUT2D eigenvalue weighted by molar-refractivity contribution is 0.156. The number of nitrogens with one attached hydrogen (secondary N) is 1. The average molecular weight is 265 g/mol. The Hall–Kier alpha value is -1.53. The van der Waals surface area contributed by atoms with Crippen LogP contribution in [0.25, 0.3) is 0 Å². The van der Waals surface area contributed by atoms with E-state index in [-0.39, 0.29) is 11.6 Å². The van der Waals surface area contributed by atoms with Crippen LogP contribution in [0.4, 0.5) is 29.2 Å². The van der Waals surface area contributed by atoms with Crippen LogP contribution in [0.1, 0.15) is 13.3 Å². The third kappa shape index (κ3) is 3.75. The van der Waals surface area contributed by atoms with E-state index in [0.717, 1.165) is 11.3 Å². The molecule has 0 spiro atoms. The van der Waals surface area contributed by atoms with Gasteiger partial charge >= 0.3 is 0 Å². The Balaban J connectivity index is 2.96. The lowest BCUT2D eigenvalue weighted by Crippen LogP contribution is -2.26. The minimum atomic E-state index is -2.62. The maximum absolute atomic E-state index is 13.4. The number of hydrogen-bond acceptors (Lipinski definition) is 3. The second kappa shape index (κ2) is 6.42. The van der Waals surface area contributed by atoms with Crippen LogP contribution in [-0.4, -0.2) is 31.5 Å². The van der Waals surface area contributed by atoms with Gasteiger partial charge in [0.2, 0.25) is 0 Å². The monoisotopic (exact) mass is 265 g/mol. The third-order valence-electron chi connectivity index (χ3n) is 2.23. The summed E-state index contributed by atoms with van der Waals surface area (Å²) in [6.45, 7) is 1.68. The Labute approximate surface area is 103 Å². The Morgan fingerprint density at radius 2 is 2.00 bits per heavy atom. The highest BCUT2D eigenvalue weighted by Crippen LogP contribution is 2.22. The maximum Gasteiger partial charge on any atom is 0.255 e. The summed E-state index contributed by atoms with van der Waals surface area (Å²) in [4.78, 5) is 4.65. The van der Waals surface area contributed by atoms with Gasteiger partial charge in [-0.25, -0.2) is 22.5 Å². The molecule has 1 aromatic rings. The topological polar surface area (TPSA) is 28.2 Å². The van der Waals surface area contributed by atoms with Crippen molar-refractivity contribution >= 4 is 11.6 Å². The van der Waals surface area contributed by atoms with E-state index in [4.69, 9.17) is 0 Å². The molecule has 0 unspecified atom stereocenters. The van der Waals surface area contributed by atoms with E-state index in [9.17, 15) is 17.6 Å². The Kier molecular flexibility index (Phi) is 5.18. The number of rotatable bonds is 6. The van der Waals surface area contributed by atoms with Gasteiger partial charge in [-0.1, -0.05) is 6.92 Å². The van der Waals surface area contributed by atoms with Crippen LogP contribution < -0.4 is 10.2 Å². The Morgan fingerprint density at radius 1 is 1.33 bits per heavy atom. The fourth-order valence-corrected chi connectivity index (χ4v) is 1.39. The lowest BCUT2D eigenvalue weighted by Gasteiger charge is -2.19. The summed E-state index contributed by atoms with van der Waals surface area (Å²) in [6.07, 6.45) is -1.88. The predicted molar refractivity (Wildman–Crippen MR) is 62.2 cm³/mol. The Morgan fingerprint density at radius 3 is 2.56 bits per heavy atom. The van der Waals surface area contributed by atoms with Crippen molar-refractivity contribution in [2.75, 3.05) is 30.4 Å². The molecule has 0 amide bonds. The second-order valence-corrected chi connectivity index (χ2v) is 3.82. The molecule has 0 aliphatic heterocycles. The number of nitrogens with zero attached hydrogens (tertiary/aromatic N) is 2. The highest BCUT2D eigenvalue weighted by Gasteiger charge is 2.17. The van der Waals surface area contributed by atoms with Gasteiger partial charge in [-0.3, -0.25) is 0 Å². The van der Waals surface area contributed by atoms with Crippen molar-refractivity contribution in [1.29, 1.82) is 0 Å². The minimum Gasteiger partial charge on any atom is -0.368 e. The molecular weight excluding hydrogens is 250 g/mol. The van der Waals surface area contributed by atoms with Crippen LogP contribution in [-0.2, 0) is 0 Å². The molecule has 1 N–H and O–H groups in total. The summed E-state index contributed by atoms with van der Waals surface area (Å²) in [6, 6.07) is 0.641. The highest BCUT2D eigenvalue weighted by atomic mass is 19.3. The summed E-state index contributed by atoms with van der Waals surface area (Å²) >= 11 is 0. The van der Waals surface area contributed by atoms with Gasteiger partial charge in [0, 0.05) is 19.7 Å². The summed E-state index contributed by atoms with van der Waals surface area (Å²) in [5, 5.41) is 2.67. The first-order valence-electron chi connectivity index (χ1n) is 5.54. The standard InChI is InChI=1S/C11H15F4N3/c1-3-4-16-10-7(12)5-8(13)11(17-10)18(2)6-9(14)15/h5,9H,3-4,6H2,1-2H3,(H,16,17). The maximum atomic E-state index is 13.4. The van der Waals surface area contributed by atoms with Crippen LogP contribution >= 0.6 is 0 Å². The molecule has 1 aromatic heterocycles. The fourth-order valence-electron chi connectivity index (χ4n) is 1.39. The van der Waals surface area contributed by atoms with Crippen LogP contribution in [0, 0.1) is 11.6 Å².